The zero-order chi connectivity index (χ0) is 68.2. The van der Waals surface area contributed by atoms with Gasteiger partial charge >= 0.3 is 5.97 Å². The largest absolute Gasteiger partial charge is 0.480 e. The maximum absolute atomic E-state index is 13.0. The number of nitrogens with two attached hydrogens (primary N) is 1. The molecule has 0 rings (SSSR count). The highest BCUT2D eigenvalue weighted by Gasteiger charge is 2.32. The Balaban J connectivity index is 5.01. The zero-order valence-corrected chi connectivity index (χ0v) is 52.5. The molecule has 0 aromatic rings. The summed E-state index contributed by atoms with van der Waals surface area (Å²) in [6.07, 6.45) is 1.12. The average molecular weight is 1250 g/mol. The lowest BCUT2D eigenvalue weighted by atomic mass is 10.1. The predicted molar refractivity (Wildman–Crippen MR) is 312 cm³/mol. The van der Waals surface area contributed by atoms with Gasteiger partial charge in [0.05, 0.1) is 0 Å². The molecule has 0 saturated heterocycles. The van der Waals surface area contributed by atoms with Gasteiger partial charge in [-0.25, -0.2) is 4.79 Å². The maximum Gasteiger partial charge on any atom is 0.326 e. The number of carboxylic acids is 1. The van der Waals surface area contributed by atoms with Crippen LogP contribution in [0.4, 0.5) is 0 Å². The van der Waals surface area contributed by atoms with Crippen LogP contribution in [0.3, 0.4) is 0 Å². The third-order valence-corrected chi connectivity index (χ3v) is 12.9. The van der Waals surface area contributed by atoms with E-state index in [1.54, 1.807) is 0 Å². The number of hydrogen-bond acceptors (Lipinski definition) is 18. The number of carbonyl (C=O) groups excluding carboxylic acids is 16. The van der Waals surface area contributed by atoms with Gasteiger partial charge in [-0.3, -0.25) is 76.7 Å². The second kappa shape index (κ2) is 38.2. The van der Waals surface area contributed by atoms with Crippen molar-refractivity contribution in [2.45, 2.75) is 227 Å². The Morgan fingerprint density at radius 3 is 0.511 bits per heavy atom. The normalized spacial score (nSPS) is 16.3. The van der Waals surface area contributed by atoms with Gasteiger partial charge in [0, 0.05) is 6.92 Å². The molecule has 0 fully saturated rings. The van der Waals surface area contributed by atoms with Crippen molar-refractivity contribution >= 4 is 100 Å². The SMILES string of the molecule is CC(=O)N[C@@H](C)C(=O)N[C@@H](C)C(=O)N[C@@H](C)C(=O)N[C@@H](C)C(=O)N[C@@H](C)C(=O)N[C@@H](C)C(=O)N[C@@H](C)C(=O)N[C@H](C)C(=O)N[C@@H](C)C(=O)N[C@@H](C)C(=O)N[C@@H](C)C(=O)N[C@@H](C)C(=O)N[C@@H](C)C(=O)N[C@@H](C)C(=O)N[C@@H](C)C(=O)N[C@@H](CCCCN)C(=O)O. The first-order chi connectivity index (χ1) is 40.6. The first-order valence-electron chi connectivity index (χ1n) is 28.4. The van der Waals surface area contributed by atoms with Crippen LogP contribution >= 0.6 is 0 Å². The molecule has 496 valence electrons. The smallest absolute Gasteiger partial charge is 0.326 e. The van der Waals surface area contributed by atoms with Gasteiger partial charge < -0.3 is 95.9 Å². The van der Waals surface area contributed by atoms with E-state index in [0.29, 0.717) is 19.4 Å². The van der Waals surface area contributed by atoms with Gasteiger partial charge in [0.1, 0.15) is 96.7 Å². The average Bonchev–Trinajstić information content (AvgIpc) is 3.56. The summed E-state index contributed by atoms with van der Waals surface area (Å²) < 4.78 is 0. The van der Waals surface area contributed by atoms with Crippen molar-refractivity contribution < 1.29 is 86.6 Å². The molecule has 16 amide bonds. The molecule has 0 aliphatic carbocycles. The molecule has 35 heteroatoms. The van der Waals surface area contributed by atoms with Gasteiger partial charge in [0.2, 0.25) is 94.5 Å². The number of hydrogen-bond donors (Lipinski definition) is 18. The summed E-state index contributed by atoms with van der Waals surface area (Å²) in [5.74, 6) is -13.8. The highest BCUT2D eigenvalue weighted by Crippen LogP contribution is 2.03. The molecule has 88 heavy (non-hydrogen) atoms. The molecule has 0 bridgehead atoms. The van der Waals surface area contributed by atoms with E-state index in [1.165, 1.54) is 111 Å². The second-order valence-corrected chi connectivity index (χ2v) is 21.3. The zero-order valence-electron chi connectivity index (χ0n) is 52.5. The fourth-order valence-corrected chi connectivity index (χ4v) is 7.07. The summed E-state index contributed by atoms with van der Waals surface area (Å²) in [6.45, 7) is 21.1. The van der Waals surface area contributed by atoms with Crippen molar-refractivity contribution in [1.82, 2.24) is 85.1 Å². The molecular weight excluding hydrogens is 1160 g/mol. The van der Waals surface area contributed by atoms with E-state index in [9.17, 15) is 86.6 Å². The number of carbonyl (C=O) groups is 17. The molecule has 0 spiro atoms. The summed E-state index contributed by atoms with van der Waals surface area (Å²) in [5, 5.41) is 47.4. The predicted octanol–water partition coefficient (Wildman–Crippen LogP) is -7.72. The van der Waals surface area contributed by atoms with Crippen LogP contribution in [0.25, 0.3) is 0 Å². The standard InChI is InChI=1S/C53H91N17O18/c1-21(55-36(16)71)38(72)56-22(2)39(73)57-23(3)40(74)58-24(4)41(75)59-25(5)42(76)60-26(6)43(77)61-27(7)44(78)62-28(8)45(79)63-29(9)46(80)64-30(10)47(81)65-31(11)48(82)66-32(12)49(83)67-33(13)50(84)68-34(14)51(85)69-35(15)52(86)70-37(53(87)88)19-17-18-20-54/h21-35,37H,17-20,54H2,1-16H3,(H,55,71)(H,56,72)(H,57,73)(H,58,74)(H,59,75)(H,60,76)(H,61,77)(H,62,78)(H,63,79)(H,64,80)(H,65,81)(H,66,82)(H,67,83)(H,68,84)(H,69,85)(H,70,86)(H,87,88)/t21-,22-,23-,24-,25-,26-,27-,28+,29-,30-,31-,32-,33-,34-,35-,37-/m0/s1. The van der Waals surface area contributed by atoms with Crippen LogP contribution in [-0.4, -0.2) is 209 Å². The molecule has 0 aromatic carbocycles. The molecule has 0 unspecified atom stereocenters. The molecule has 19 N–H and O–H groups in total. The van der Waals surface area contributed by atoms with E-state index >= 15 is 0 Å². The van der Waals surface area contributed by atoms with Gasteiger partial charge in [-0.2, -0.15) is 0 Å². The molecule has 0 aliphatic rings. The van der Waals surface area contributed by atoms with Crippen molar-refractivity contribution in [2.75, 3.05) is 6.54 Å². The molecule has 0 aliphatic heterocycles. The van der Waals surface area contributed by atoms with Crippen LogP contribution in [0.15, 0.2) is 0 Å². The summed E-state index contributed by atoms with van der Waals surface area (Å²) in [4.78, 5) is 215. The second-order valence-electron chi connectivity index (χ2n) is 21.3. The number of rotatable bonds is 36. The highest BCUT2D eigenvalue weighted by atomic mass is 16.4. The lowest BCUT2D eigenvalue weighted by Crippen LogP contribution is -2.59. The number of unbranched alkanes of at least 4 members (excludes halogenated alkanes) is 1. The summed E-state index contributed by atoms with van der Waals surface area (Å²) in [6, 6.07) is -19.4. The lowest BCUT2D eigenvalue weighted by molar-refractivity contribution is -0.142. The van der Waals surface area contributed by atoms with Crippen LogP contribution in [0.5, 0.6) is 0 Å². The third-order valence-electron chi connectivity index (χ3n) is 12.9. The topological polar surface area (TPSA) is 529 Å². The van der Waals surface area contributed by atoms with Gasteiger partial charge in [-0.15, -0.1) is 0 Å². The van der Waals surface area contributed by atoms with E-state index in [0.717, 1.165) is 0 Å². The van der Waals surface area contributed by atoms with Crippen LogP contribution in [0.1, 0.15) is 130 Å². The Hall–Kier alpha value is -9.05. The van der Waals surface area contributed by atoms with Crippen LogP contribution < -0.4 is 90.8 Å². The minimum atomic E-state index is -1.28. The number of amides is 16. The van der Waals surface area contributed by atoms with Crippen molar-refractivity contribution in [2.24, 2.45) is 5.73 Å². The van der Waals surface area contributed by atoms with Crippen molar-refractivity contribution in [3.63, 3.8) is 0 Å². The molecule has 35 nitrogen and oxygen atoms in total. The van der Waals surface area contributed by atoms with Gasteiger partial charge in [-0.05, 0) is 130 Å². The molecule has 0 saturated carbocycles. The van der Waals surface area contributed by atoms with Gasteiger partial charge in [-0.1, -0.05) is 0 Å². The lowest BCUT2D eigenvalue weighted by Gasteiger charge is -2.24. The molecular formula is C53H91N17O18. The molecule has 0 heterocycles. The van der Waals surface area contributed by atoms with Gasteiger partial charge in [0.15, 0.2) is 0 Å². The van der Waals surface area contributed by atoms with E-state index < -0.39 is 197 Å². The number of aliphatic carboxylic acids is 1. The Morgan fingerprint density at radius 2 is 0.386 bits per heavy atom. The Labute approximate surface area is 509 Å². The van der Waals surface area contributed by atoms with Crippen LogP contribution in [0.2, 0.25) is 0 Å². The third kappa shape index (κ3) is 28.9. The number of nitrogens with one attached hydrogen (secondary N) is 16. The summed E-state index contributed by atoms with van der Waals surface area (Å²) >= 11 is 0. The first-order valence-corrected chi connectivity index (χ1v) is 28.4. The summed E-state index contributed by atoms with van der Waals surface area (Å²) in [5.41, 5.74) is 5.44. The van der Waals surface area contributed by atoms with Crippen molar-refractivity contribution in [3.8, 4) is 0 Å². The van der Waals surface area contributed by atoms with E-state index in [2.05, 4.69) is 85.1 Å². The van der Waals surface area contributed by atoms with Crippen molar-refractivity contribution in [3.05, 3.63) is 0 Å². The Morgan fingerprint density at radius 1 is 0.250 bits per heavy atom. The van der Waals surface area contributed by atoms with E-state index in [1.807, 2.05) is 0 Å². The quantitative estimate of drug-likeness (QED) is 0.0259. The van der Waals surface area contributed by atoms with Crippen LogP contribution in [-0.2, 0) is 81.5 Å². The van der Waals surface area contributed by atoms with E-state index in [-0.39, 0.29) is 6.42 Å². The fraction of sp³-hybridized carbons (Fsp3) is 0.679. The van der Waals surface area contributed by atoms with E-state index in [4.69, 9.17) is 5.73 Å². The molecule has 16 atom stereocenters. The minimum absolute atomic E-state index is 0.122. The highest BCUT2D eigenvalue weighted by molar-refractivity contribution is 6.00. The number of carboxylic acid groups (broad SMARTS) is 1. The van der Waals surface area contributed by atoms with Crippen LogP contribution in [0, 0.1) is 0 Å². The molecule has 0 radical (unpaired) electrons. The maximum atomic E-state index is 13.0. The molecule has 0 aromatic heterocycles. The summed E-state index contributed by atoms with van der Waals surface area (Å²) in [7, 11) is 0. The fourth-order valence-electron chi connectivity index (χ4n) is 7.07. The Bertz CT molecular complexity index is 2570. The van der Waals surface area contributed by atoms with Gasteiger partial charge in [0.25, 0.3) is 0 Å². The first kappa shape index (κ1) is 79.0. The Kier molecular flexibility index (Phi) is 34.3. The van der Waals surface area contributed by atoms with Crippen molar-refractivity contribution in [1.29, 1.82) is 0 Å². The monoisotopic (exact) mass is 1250 g/mol. The minimum Gasteiger partial charge on any atom is -0.480 e.